The van der Waals surface area contributed by atoms with Crippen molar-refractivity contribution in [3.05, 3.63) is 29.5 Å². The number of ether oxygens (including phenoxy) is 2. The highest BCUT2D eigenvalue weighted by Crippen LogP contribution is 2.29. The van der Waals surface area contributed by atoms with Gasteiger partial charge in [0.2, 0.25) is 5.76 Å². The Labute approximate surface area is 159 Å². The second-order valence-corrected chi connectivity index (χ2v) is 7.04. The van der Waals surface area contributed by atoms with Gasteiger partial charge in [-0.25, -0.2) is 4.79 Å². The van der Waals surface area contributed by atoms with Crippen molar-refractivity contribution in [2.45, 2.75) is 65.0 Å². The average Bonchev–Trinajstić information content (AvgIpc) is 2.99. The van der Waals surface area contributed by atoms with Crippen molar-refractivity contribution < 1.29 is 23.5 Å². The Morgan fingerprint density at radius 2 is 2.00 bits per heavy atom. The number of rotatable bonds is 6. The maximum absolute atomic E-state index is 12.5. The standard InChI is InChI=1S/C21H27NO5/c1-4-25-16-10-11-18-17(12-16)13(2)19(27-18)21(24)26-14(3)20(23)22-15-8-6-5-7-9-15/h10-12,14-15H,4-9H2,1-3H3,(H,22,23)/t14-/m1/s1. The first-order valence-electron chi connectivity index (χ1n) is 9.67. The number of esters is 1. The van der Waals surface area contributed by atoms with Gasteiger partial charge in [-0.3, -0.25) is 4.79 Å². The van der Waals surface area contributed by atoms with Gasteiger partial charge in [-0.15, -0.1) is 0 Å². The molecule has 2 aromatic rings. The predicted molar refractivity (Wildman–Crippen MR) is 102 cm³/mol. The molecule has 27 heavy (non-hydrogen) atoms. The van der Waals surface area contributed by atoms with Crippen LogP contribution in [0, 0.1) is 6.92 Å². The minimum Gasteiger partial charge on any atom is -0.494 e. The van der Waals surface area contributed by atoms with E-state index in [4.69, 9.17) is 13.9 Å². The van der Waals surface area contributed by atoms with Crippen molar-refractivity contribution in [3.8, 4) is 5.75 Å². The summed E-state index contributed by atoms with van der Waals surface area (Å²) in [5.41, 5.74) is 1.26. The van der Waals surface area contributed by atoms with Gasteiger partial charge in [0, 0.05) is 17.0 Å². The molecule has 3 rings (SSSR count). The van der Waals surface area contributed by atoms with Crippen LogP contribution in [0.3, 0.4) is 0 Å². The van der Waals surface area contributed by atoms with E-state index in [2.05, 4.69) is 5.32 Å². The molecular weight excluding hydrogens is 346 g/mol. The lowest BCUT2D eigenvalue weighted by Crippen LogP contribution is -2.42. The third-order valence-electron chi connectivity index (χ3n) is 5.01. The Bertz CT molecular complexity index is 819. The fourth-order valence-electron chi connectivity index (χ4n) is 3.48. The molecule has 1 atom stereocenters. The van der Waals surface area contributed by atoms with Crippen LogP contribution < -0.4 is 10.1 Å². The normalized spacial score (nSPS) is 16.1. The summed E-state index contributed by atoms with van der Waals surface area (Å²) in [6, 6.07) is 5.58. The van der Waals surface area contributed by atoms with Crippen LogP contribution in [0.15, 0.2) is 22.6 Å². The third-order valence-corrected chi connectivity index (χ3v) is 5.01. The third kappa shape index (κ3) is 4.43. The minimum absolute atomic E-state index is 0.121. The van der Waals surface area contributed by atoms with E-state index >= 15 is 0 Å². The summed E-state index contributed by atoms with van der Waals surface area (Å²) < 4.78 is 16.5. The Hall–Kier alpha value is -2.50. The number of carbonyl (C=O) groups is 2. The van der Waals surface area contributed by atoms with E-state index in [0.29, 0.717) is 23.5 Å². The van der Waals surface area contributed by atoms with E-state index in [1.54, 1.807) is 26.0 Å². The topological polar surface area (TPSA) is 77.8 Å². The van der Waals surface area contributed by atoms with Crippen LogP contribution in [0.2, 0.25) is 0 Å². The van der Waals surface area contributed by atoms with Gasteiger partial charge >= 0.3 is 5.97 Å². The van der Waals surface area contributed by atoms with Gasteiger partial charge in [-0.1, -0.05) is 19.3 Å². The van der Waals surface area contributed by atoms with Crippen molar-refractivity contribution in [2.75, 3.05) is 6.61 Å². The molecule has 1 aromatic carbocycles. The predicted octanol–water partition coefficient (Wildman–Crippen LogP) is 4.13. The number of nitrogens with one attached hydrogen (secondary N) is 1. The first-order chi connectivity index (χ1) is 13.0. The molecule has 6 heteroatoms. The summed E-state index contributed by atoms with van der Waals surface area (Å²) in [7, 11) is 0. The molecule has 1 fully saturated rings. The Morgan fingerprint density at radius 1 is 1.26 bits per heavy atom. The number of fused-ring (bicyclic) bond motifs is 1. The molecule has 146 valence electrons. The zero-order valence-corrected chi connectivity index (χ0v) is 16.2. The van der Waals surface area contributed by atoms with E-state index < -0.39 is 12.1 Å². The van der Waals surface area contributed by atoms with Gasteiger partial charge in [0.05, 0.1) is 6.61 Å². The number of amides is 1. The van der Waals surface area contributed by atoms with Gasteiger partial charge in [-0.05, 0) is 51.8 Å². The second-order valence-electron chi connectivity index (χ2n) is 7.04. The van der Waals surface area contributed by atoms with Crippen molar-refractivity contribution >= 4 is 22.8 Å². The second kappa shape index (κ2) is 8.46. The Kier molecular flexibility index (Phi) is 6.04. The molecule has 1 amide bonds. The molecule has 1 aliphatic rings. The van der Waals surface area contributed by atoms with Gasteiger partial charge < -0.3 is 19.2 Å². The number of hydrogen-bond acceptors (Lipinski definition) is 5. The highest BCUT2D eigenvalue weighted by Gasteiger charge is 2.26. The fourth-order valence-corrected chi connectivity index (χ4v) is 3.48. The summed E-state index contributed by atoms with van der Waals surface area (Å²) in [6.45, 7) is 5.85. The molecule has 0 radical (unpaired) electrons. The first-order valence-corrected chi connectivity index (χ1v) is 9.67. The first kappa shape index (κ1) is 19.3. The molecule has 1 aliphatic carbocycles. The highest BCUT2D eigenvalue weighted by atomic mass is 16.6. The monoisotopic (exact) mass is 373 g/mol. The molecule has 1 N–H and O–H groups in total. The van der Waals surface area contributed by atoms with Gasteiger partial charge in [0.15, 0.2) is 6.10 Å². The molecular formula is C21H27NO5. The van der Waals surface area contributed by atoms with Crippen LogP contribution in [-0.2, 0) is 9.53 Å². The quantitative estimate of drug-likeness (QED) is 0.770. The molecule has 0 unspecified atom stereocenters. The number of benzene rings is 1. The van der Waals surface area contributed by atoms with Crippen LogP contribution in [0.25, 0.3) is 11.0 Å². The lowest BCUT2D eigenvalue weighted by atomic mass is 9.95. The number of carbonyl (C=O) groups excluding carboxylic acids is 2. The van der Waals surface area contributed by atoms with E-state index in [-0.39, 0.29) is 17.7 Å². The van der Waals surface area contributed by atoms with Gasteiger partial charge in [0.25, 0.3) is 5.91 Å². The SMILES string of the molecule is CCOc1ccc2oc(C(=O)O[C@H](C)C(=O)NC3CCCCC3)c(C)c2c1. The molecule has 6 nitrogen and oxygen atoms in total. The van der Waals surface area contributed by atoms with Crippen LogP contribution in [0.4, 0.5) is 0 Å². The van der Waals surface area contributed by atoms with Crippen LogP contribution in [0.1, 0.15) is 62.1 Å². The number of hydrogen-bond donors (Lipinski definition) is 1. The van der Waals surface area contributed by atoms with E-state index in [0.717, 1.165) is 31.1 Å². The fraction of sp³-hybridized carbons (Fsp3) is 0.524. The largest absolute Gasteiger partial charge is 0.494 e. The van der Waals surface area contributed by atoms with E-state index in [1.165, 1.54) is 6.42 Å². The van der Waals surface area contributed by atoms with Crippen molar-refractivity contribution in [2.24, 2.45) is 0 Å². The zero-order chi connectivity index (χ0) is 19.4. The van der Waals surface area contributed by atoms with E-state index in [9.17, 15) is 9.59 Å². The molecule has 1 saturated carbocycles. The van der Waals surface area contributed by atoms with Crippen LogP contribution >= 0.6 is 0 Å². The van der Waals surface area contributed by atoms with Crippen molar-refractivity contribution in [1.29, 1.82) is 0 Å². The lowest BCUT2D eigenvalue weighted by molar-refractivity contribution is -0.130. The smallest absolute Gasteiger partial charge is 0.375 e. The summed E-state index contributed by atoms with van der Waals surface area (Å²) in [6.07, 6.45) is 4.56. The lowest BCUT2D eigenvalue weighted by Gasteiger charge is -2.24. The molecule has 1 heterocycles. The van der Waals surface area contributed by atoms with Crippen molar-refractivity contribution in [1.82, 2.24) is 5.32 Å². The zero-order valence-electron chi connectivity index (χ0n) is 16.2. The minimum atomic E-state index is -0.869. The maximum Gasteiger partial charge on any atom is 0.375 e. The molecule has 0 aliphatic heterocycles. The summed E-state index contributed by atoms with van der Waals surface area (Å²) in [4.78, 5) is 24.8. The van der Waals surface area contributed by atoms with Gasteiger partial charge in [0.1, 0.15) is 11.3 Å². The Balaban J connectivity index is 1.67. The highest BCUT2D eigenvalue weighted by molar-refractivity contribution is 5.97. The summed E-state index contributed by atoms with van der Waals surface area (Å²) >= 11 is 0. The summed E-state index contributed by atoms with van der Waals surface area (Å²) in [5, 5.41) is 3.77. The Morgan fingerprint density at radius 3 is 2.70 bits per heavy atom. The van der Waals surface area contributed by atoms with Gasteiger partial charge in [-0.2, -0.15) is 0 Å². The number of aryl methyl sites for hydroxylation is 1. The molecule has 0 saturated heterocycles. The molecule has 0 bridgehead atoms. The average molecular weight is 373 g/mol. The van der Waals surface area contributed by atoms with Crippen molar-refractivity contribution in [3.63, 3.8) is 0 Å². The molecule has 0 spiro atoms. The number of furan rings is 1. The van der Waals surface area contributed by atoms with Crippen LogP contribution in [0.5, 0.6) is 5.75 Å². The van der Waals surface area contributed by atoms with E-state index in [1.807, 2.05) is 13.0 Å². The summed E-state index contributed by atoms with van der Waals surface area (Å²) in [5.74, 6) is -0.0550. The maximum atomic E-state index is 12.5. The van der Waals surface area contributed by atoms with Crippen LogP contribution in [-0.4, -0.2) is 30.6 Å². The molecule has 1 aromatic heterocycles.